The molecule has 1 fully saturated rings. The van der Waals surface area contributed by atoms with E-state index in [9.17, 15) is 0 Å². The molecule has 0 saturated carbocycles. The molecule has 3 heterocycles. The fourth-order valence-corrected chi connectivity index (χ4v) is 2.98. The third-order valence-corrected chi connectivity index (χ3v) is 4.41. The Hall–Kier alpha value is -1.42. The first-order chi connectivity index (χ1) is 11.7. The quantitative estimate of drug-likeness (QED) is 0.300. The average Bonchev–Trinajstić information content (AvgIpc) is 3.21. The van der Waals surface area contributed by atoms with Gasteiger partial charge in [-0.2, -0.15) is 0 Å². The van der Waals surface area contributed by atoms with E-state index in [-0.39, 0.29) is 29.6 Å². The van der Waals surface area contributed by atoms with Crippen LogP contribution in [0, 0.1) is 0 Å². The van der Waals surface area contributed by atoms with E-state index in [0.29, 0.717) is 0 Å². The average molecular weight is 458 g/mol. The van der Waals surface area contributed by atoms with Gasteiger partial charge >= 0.3 is 0 Å². The molecule has 0 amide bonds. The predicted molar refractivity (Wildman–Crippen MR) is 110 cm³/mol. The molecule has 3 rings (SSSR count). The molecule has 2 aromatic heterocycles. The van der Waals surface area contributed by atoms with Gasteiger partial charge in [0, 0.05) is 39.4 Å². The molecule has 2 aromatic rings. The number of halogens is 1. The standard InChI is InChI=1S/C17H26N6O.HI/c1-17(9-6-12-24-17)13-20-16(18-2)19-10-5-8-15-22-21-14-7-3-4-11-23(14)15;/h3-4,7,11H,5-6,8-10,12-13H2,1-2H3,(H2,18,19,20);1H. The molecule has 1 saturated heterocycles. The fourth-order valence-electron chi connectivity index (χ4n) is 2.98. The molecule has 0 bridgehead atoms. The highest BCUT2D eigenvalue weighted by Crippen LogP contribution is 2.23. The molecule has 0 aliphatic carbocycles. The monoisotopic (exact) mass is 458 g/mol. The number of rotatable bonds is 6. The molecule has 7 nitrogen and oxygen atoms in total. The van der Waals surface area contributed by atoms with Crippen molar-refractivity contribution in [2.24, 2.45) is 4.99 Å². The van der Waals surface area contributed by atoms with Crippen LogP contribution in [0.5, 0.6) is 0 Å². The van der Waals surface area contributed by atoms with E-state index in [1.807, 2.05) is 28.8 Å². The van der Waals surface area contributed by atoms with Crippen molar-refractivity contribution in [2.45, 2.75) is 38.2 Å². The van der Waals surface area contributed by atoms with E-state index in [1.54, 1.807) is 7.05 Å². The number of hydrogen-bond donors (Lipinski definition) is 2. The summed E-state index contributed by atoms with van der Waals surface area (Å²) in [5, 5.41) is 15.1. The van der Waals surface area contributed by atoms with Crippen molar-refractivity contribution in [1.82, 2.24) is 25.2 Å². The van der Waals surface area contributed by atoms with Crippen LogP contribution in [0.4, 0.5) is 0 Å². The molecule has 0 spiro atoms. The Bertz CT molecular complexity index is 695. The minimum absolute atomic E-state index is 0. The van der Waals surface area contributed by atoms with Crippen LogP contribution in [-0.4, -0.2) is 52.9 Å². The number of ether oxygens (including phenoxy) is 1. The smallest absolute Gasteiger partial charge is 0.191 e. The van der Waals surface area contributed by atoms with Gasteiger partial charge in [-0.3, -0.25) is 9.39 Å². The van der Waals surface area contributed by atoms with Crippen molar-refractivity contribution in [3.8, 4) is 0 Å². The number of aromatic nitrogens is 3. The van der Waals surface area contributed by atoms with Gasteiger partial charge in [-0.25, -0.2) is 0 Å². The van der Waals surface area contributed by atoms with E-state index in [4.69, 9.17) is 4.74 Å². The number of nitrogens with zero attached hydrogens (tertiary/aromatic N) is 4. The van der Waals surface area contributed by atoms with Gasteiger partial charge in [0.25, 0.3) is 0 Å². The second-order valence-corrected chi connectivity index (χ2v) is 6.40. The van der Waals surface area contributed by atoms with Gasteiger partial charge in [-0.15, -0.1) is 34.2 Å². The van der Waals surface area contributed by atoms with Gasteiger partial charge in [0.2, 0.25) is 0 Å². The second kappa shape index (κ2) is 9.33. The summed E-state index contributed by atoms with van der Waals surface area (Å²) in [7, 11) is 1.79. The van der Waals surface area contributed by atoms with Crippen LogP contribution in [0.25, 0.3) is 5.65 Å². The van der Waals surface area contributed by atoms with Crippen LogP contribution in [0.1, 0.15) is 32.0 Å². The van der Waals surface area contributed by atoms with E-state index in [1.165, 1.54) is 0 Å². The van der Waals surface area contributed by atoms with Crippen LogP contribution in [-0.2, 0) is 11.2 Å². The minimum Gasteiger partial charge on any atom is -0.373 e. The summed E-state index contributed by atoms with van der Waals surface area (Å²) >= 11 is 0. The van der Waals surface area contributed by atoms with Crippen molar-refractivity contribution in [2.75, 3.05) is 26.7 Å². The molecule has 0 radical (unpaired) electrons. The summed E-state index contributed by atoms with van der Waals surface area (Å²) in [4.78, 5) is 4.27. The maximum Gasteiger partial charge on any atom is 0.191 e. The first kappa shape index (κ1) is 19.9. The van der Waals surface area contributed by atoms with Crippen molar-refractivity contribution in [3.05, 3.63) is 30.2 Å². The largest absolute Gasteiger partial charge is 0.373 e. The zero-order chi connectivity index (χ0) is 16.8. The Morgan fingerprint density at radius 3 is 3.00 bits per heavy atom. The maximum absolute atomic E-state index is 5.79. The lowest BCUT2D eigenvalue weighted by Crippen LogP contribution is -2.45. The zero-order valence-electron chi connectivity index (χ0n) is 14.9. The molecule has 1 aliphatic heterocycles. The Morgan fingerprint density at radius 2 is 2.24 bits per heavy atom. The highest BCUT2D eigenvalue weighted by molar-refractivity contribution is 14.0. The number of guanidine groups is 1. The first-order valence-corrected chi connectivity index (χ1v) is 8.57. The van der Waals surface area contributed by atoms with Gasteiger partial charge in [0.1, 0.15) is 5.82 Å². The fraction of sp³-hybridized carbons (Fsp3) is 0.588. The zero-order valence-corrected chi connectivity index (χ0v) is 17.2. The Labute approximate surface area is 165 Å². The molecule has 8 heteroatoms. The number of aryl methyl sites for hydroxylation is 1. The second-order valence-electron chi connectivity index (χ2n) is 6.40. The topological polar surface area (TPSA) is 75.8 Å². The Morgan fingerprint density at radius 1 is 1.36 bits per heavy atom. The van der Waals surface area contributed by atoms with Crippen molar-refractivity contribution in [3.63, 3.8) is 0 Å². The summed E-state index contributed by atoms with van der Waals surface area (Å²) < 4.78 is 7.82. The third-order valence-electron chi connectivity index (χ3n) is 4.41. The maximum atomic E-state index is 5.79. The number of pyridine rings is 1. The number of fused-ring (bicyclic) bond motifs is 1. The van der Waals surface area contributed by atoms with Crippen LogP contribution in [0.2, 0.25) is 0 Å². The first-order valence-electron chi connectivity index (χ1n) is 8.57. The Kier molecular flexibility index (Phi) is 7.42. The third kappa shape index (κ3) is 5.27. The molecule has 1 aliphatic rings. The molecular weight excluding hydrogens is 431 g/mol. The molecule has 0 aromatic carbocycles. The lowest BCUT2D eigenvalue weighted by Gasteiger charge is -2.24. The summed E-state index contributed by atoms with van der Waals surface area (Å²) in [6, 6.07) is 5.93. The molecule has 25 heavy (non-hydrogen) atoms. The molecular formula is C17H27IN6O. The van der Waals surface area contributed by atoms with Gasteiger partial charge in [-0.05, 0) is 38.3 Å². The summed E-state index contributed by atoms with van der Waals surface area (Å²) in [5.41, 5.74) is 0.820. The summed E-state index contributed by atoms with van der Waals surface area (Å²) in [6.07, 6.45) is 6.06. The van der Waals surface area contributed by atoms with E-state index in [2.05, 4.69) is 32.7 Å². The molecule has 2 N–H and O–H groups in total. The van der Waals surface area contributed by atoms with Crippen LogP contribution in [0.3, 0.4) is 0 Å². The van der Waals surface area contributed by atoms with E-state index < -0.39 is 0 Å². The molecule has 1 atom stereocenters. The minimum atomic E-state index is -0.0714. The van der Waals surface area contributed by atoms with Gasteiger partial charge in [0.15, 0.2) is 11.6 Å². The molecule has 1 unspecified atom stereocenters. The van der Waals surface area contributed by atoms with Crippen LogP contribution >= 0.6 is 24.0 Å². The van der Waals surface area contributed by atoms with Crippen molar-refractivity contribution in [1.29, 1.82) is 0 Å². The highest BCUT2D eigenvalue weighted by atomic mass is 127. The van der Waals surface area contributed by atoms with Gasteiger partial charge in [-0.1, -0.05) is 6.07 Å². The summed E-state index contributed by atoms with van der Waals surface area (Å²) in [6.45, 7) is 4.62. The normalized spacial score (nSPS) is 20.5. The molecule has 138 valence electrons. The van der Waals surface area contributed by atoms with E-state index in [0.717, 1.165) is 62.8 Å². The highest BCUT2D eigenvalue weighted by Gasteiger charge is 2.29. The number of aliphatic imine (C=N–C) groups is 1. The predicted octanol–water partition coefficient (Wildman–Crippen LogP) is 2.01. The SMILES string of the molecule is CN=C(NCCCc1nnc2ccccn12)NCC1(C)CCCO1.I. The number of hydrogen-bond acceptors (Lipinski definition) is 4. The Balaban J connectivity index is 0.00000225. The van der Waals surface area contributed by atoms with Gasteiger partial charge in [0.05, 0.1) is 5.60 Å². The van der Waals surface area contributed by atoms with Crippen molar-refractivity contribution >= 4 is 35.6 Å². The van der Waals surface area contributed by atoms with Crippen LogP contribution in [0.15, 0.2) is 29.4 Å². The summed E-state index contributed by atoms with van der Waals surface area (Å²) in [5.74, 6) is 1.81. The van der Waals surface area contributed by atoms with Gasteiger partial charge < -0.3 is 15.4 Å². The van der Waals surface area contributed by atoms with Crippen LogP contribution < -0.4 is 10.6 Å². The van der Waals surface area contributed by atoms with Crippen molar-refractivity contribution < 1.29 is 4.74 Å². The lowest BCUT2D eigenvalue weighted by molar-refractivity contribution is 0.0243. The van der Waals surface area contributed by atoms with E-state index >= 15 is 0 Å². The number of nitrogens with one attached hydrogen (secondary N) is 2. The lowest BCUT2D eigenvalue weighted by atomic mass is 10.0.